The van der Waals surface area contributed by atoms with Crippen molar-refractivity contribution in [2.75, 3.05) is 39.7 Å². The van der Waals surface area contributed by atoms with Gasteiger partial charge in [0.2, 0.25) is 0 Å². The van der Waals surface area contributed by atoms with Gasteiger partial charge in [0.1, 0.15) is 11.6 Å². The maximum Gasteiger partial charge on any atom is 0.191 e. The molecule has 0 aliphatic carbocycles. The van der Waals surface area contributed by atoms with Crippen molar-refractivity contribution in [3.05, 3.63) is 53.2 Å². The summed E-state index contributed by atoms with van der Waals surface area (Å²) in [5.41, 5.74) is 3.51. The predicted octanol–water partition coefficient (Wildman–Crippen LogP) is 2.37. The molecule has 0 aliphatic heterocycles. The molecule has 2 aromatic rings. The Kier molecular flexibility index (Phi) is 7.26. The highest BCUT2D eigenvalue weighted by Crippen LogP contribution is 2.19. The molecular formula is C20H29N5O. The summed E-state index contributed by atoms with van der Waals surface area (Å²) in [5.74, 6) is 2.66. The zero-order valence-electron chi connectivity index (χ0n) is 16.3. The Hall–Kier alpha value is -2.76. The number of guanidine groups is 1. The first-order valence-corrected chi connectivity index (χ1v) is 8.74. The van der Waals surface area contributed by atoms with E-state index < -0.39 is 0 Å². The van der Waals surface area contributed by atoms with E-state index in [-0.39, 0.29) is 0 Å². The molecule has 6 nitrogen and oxygen atoms in total. The summed E-state index contributed by atoms with van der Waals surface area (Å²) in [6.07, 6.45) is 2.70. The van der Waals surface area contributed by atoms with Crippen molar-refractivity contribution < 1.29 is 4.74 Å². The molecule has 0 radical (unpaired) electrons. The van der Waals surface area contributed by atoms with Crippen molar-refractivity contribution in [3.8, 4) is 5.75 Å². The standard InChI is InChI=1S/C20H29N5O/c1-15-8-9-16(13-18(15)26-5)10-12-23-20(21-2)24-14-17-7-6-11-22-19(17)25(3)4/h6-9,11,13H,10,12,14H2,1-5H3,(H2,21,23,24). The molecule has 0 unspecified atom stereocenters. The van der Waals surface area contributed by atoms with Crippen molar-refractivity contribution in [2.45, 2.75) is 19.9 Å². The molecule has 0 saturated carbocycles. The van der Waals surface area contributed by atoms with Crippen LogP contribution in [-0.4, -0.2) is 45.7 Å². The van der Waals surface area contributed by atoms with Gasteiger partial charge in [-0.15, -0.1) is 0 Å². The minimum atomic E-state index is 0.666. The van der Waals surface area contributed by atoms with Gasteiger partial charge < -0.3 is 20.3 Å². The molecule has 0 atom stereocenters. The van der Waals surface area contributed by atoms with E-state index in [2.05, 4.69) is 44.9 Å². The summed E-state index contributed by atoms with van der Waals surface area (Å²) >= 11 is 0. The lowest BCUT2D eigenvalue weighted by Crippen LogP contribution is -2.38. The van der Waals surface area contributed by atoms with E-state index >= 15 is 0 Å². The minimum absolute atomic E-state index is 0.666. The number of rotatable bonds is 7. The summed E-state index contributed by atoms with van der Waals surface area (Å²) < 4.78 is 5.39. The number of benzene rings is 1. The first kappa shape index (κ1) is 19.6. The topological polar surface area (TPSA) is 61.8 Å². The van der Waals surface area contributed by atoms with Gasteiger partial charge in [-0.2, -0.15) is 0 Å². The van der Waals surface area contributed by atoms with Crippen LogP contribution in [0.2, 0.25) is 0 Å². The highest BCUT2D eigenvalue weighted by Gasteiger charge is 2.06. The lowest BCUT2D eigenvalue weighted by molar-refractivity contribution is 0.411. The fourth-order valence-corrected chi connectivity index (χ4v) is 2.72. The van der Waals surface area contributed by atoms with Gasteiger partial charge in [0.15, 0.2) is 5.96 Å². The van der Waals surface area contributed by atoms with E-state index in [4.69, 9.17) is 4.74 Å². The second kappa shape index (κ2) is 9.65. The number of nitrogens with zero attached hydrogens (tertiary/aromatic N) is 3. The average Bonchev–Trinajstić information content (AvgIpc) is 2.65. The molecule has 0 fully saturated rings. The quantitative estimate of drug-likeness (QED) is 0.590. The van der Waals surface area contributed by atoms with Gasteiger partial charge in [0.25, 0.3) is 0 Å². The molecule has 2 rings (SSSR count). The Labute approximate surface area is 156 Å². The summed E-state index contributed by atoms with van der Waals surface area (Å²) in [5, 5.41) is 6.70. The van der Waals surface area contributed by atoms with Gasteiger partial charge in [0, 0.05) is 46.0 Å². The molecule has 140 valence electrons. The third kappa shape index (κ3) is 5.37. The molecule has 1 aromatic heterocycles. The molecule has 1 aromatic carbocycles. The maximum atomic E-state index is 5.39. The SMILES string of the molecule is CN=C(NCCc1ccc(C)c(OC)c1)NCc1cccnc1N(C)C. The predicted molar refractivity (Wildman–Crippen MR) is 108 cm³/mol. The van der Waals surface area contributed by atoms with Crippen LogP contribution in [0.4, 0.5) is 5.82 Å². The van der Waals surface area contributed by atoms with Crippen LogP contribution < -0.4 is 20.3 Å². The number of hydrogen-bond acceptors (Lipinski definition) is 4. The van der Waals surface area contributed by atoms with Crippen LogP contribution in [0.1, 0.15) is 16.7 Å². The molecule has 2 N–H and O–H groups in total. The smallest absolute Gasteiger partial charge is 0.191 e. The maximum absolute atomic E-state index is 5.39. The Morgan fingerprint density at radius 2 is 2.04 bits per heavy atom. The van der Waals surface area contributed by atoms with Gasteiger partial charge in [-0.1, -0.05) is 18.2 Å². The molecule has 0 spiro atoms. The first-order valence-electron chi connectivity index (χ1n) is 8.74. The first-order chi connectivity index (χ1) is 12.5. The molecule has 6 heteroatoms. The number of aliphatic imine (C=N–C) groups is 1. The molecular weight excluding hydrogens is 326 g/mol. The largest absolute Gasteiger partial charge is 0.496 e. The summed E-state index contributed by atoms with van der Waals surface area (Å²) in [4.78, 5) is 10.7. The second-order valence-electron chi connectivity index (χ2n) is 6.29. The molecule has 0 saturated heterocycles. The Morgan fingerprint density at radius 3 is 2.73 bits per heavy atom. The monoisotopic (exact) mass is 355 g/mol. The van der Waals surface area contributed by atoms with Gasteiger partial charge in [-0.25, -0.2) is 4.98 Å². The highest BCUT2D eigenvalue weighted by molar-refractivity contribution is 5.79. The van der Waals surface area contributed by atoms with Crippen LogP contribution in [0.3, 0.4) is 0 Å². The van der Waals surface area contributed by atoms with E-state index in [1.54, 1.807) is 14.2 Å². The third-order valence-electron chi connectivity index (χ3n) is 4.14. The second-order valence-corrected chi connectivity index (χ2v) is 6.29. The molecule has 0 amide bonds. The van der Waals surface area contributed by atoms with Gasteiger partial charge in [-0.05, 0) is 36.6 Å². The number of nitrogens with one attached hydrogen (secondary N) is 2. The number of anilines is 1. The van der Waals surface area contributed by atoms with Crippen molar-refractivity contribution in [2.24, 2.45) is 4.99 Å². The average molecular weight is 355 g/mol. The fraction of sp³-hybridized carbons (Fsp3) is 0.400. The summed E-state index contributed by atoms with van der Waals surface area (Å²) in [6, 6.07) is 10.3. The molecule has 26 heavy (non-hydrogen) atoms. The van der Waals surface area contributed by atoms with Gasteiger partial charge in [0.05, 0.1) is 7.11 Å². The number of methoxy groups -OCH3 is 1. The van der Waals surface area contributed by atoms with Crippen molar-refractivity contribution in [1.29, 1.82) is 0 Å². The Balaban J connectivity index is 1.87. The van der Waals surface area contributed by atoms with Crippen LogP contribution in [0.15, 0.2) is 41.5 Å². The van der Waals surface area contributed by atoms with Crippen molar-refractivity contribution in [3.63, 3.8) is 0 Å². The van der Waals surface area contributed by atoms with E-state index in [1.165, 1.54) is 5.56 Å². The lowest BCUT2D eigenvalue weighted by Gasteiger charge is -2.17. The number of ether oxygens (including phenoxy) is 1. The van der Waals surface area contributed by atoms with Crippen LogP contribution in [-0.2, 0) is 13.0 Å². The van der Waals surface area contributed by atoms with Crippen LogP contribution in [0, 0.1) is 6.92 Å². The summed E-state index contributed by atoms with van der Waals surface area (Å²) in [7, 11) is 7.47. The van der Waals surface area contributed by atoms with E-state index in [0.29, 0.717) is 6.54 Å². The third-order valence-corrected chi connectivity index (χ3v) is 4.14. The highest BCUT2D eigenvalue weighted by atomic mass is 16.5. The Bertz CT molecular complexity index is 743. The van der Waals surface area contributed by atoms with E-state index in [9.17, 15) is 0 Å². The van der Waals surface area contributed by atoms with E-state index in [1.807, 2.05) is 38.2 Å². The number of hydrogen-bond donors (Lipinski definition) is 2. The van der Waals surface area contributed by atoms with Crippen LogP contribution >= 0.6 is 0 Å². The molecule has 0 aliphatic rings. The number of pyridine rings is 1. The van der Waals surface area contributed by atoms with Crippen LogP contribution in [0.5, 0.6) is 5.75 Å². The number of aryl methyl sites for hydroxylation is 1. The lowest BCUT2D eigenvalue weighted by atomic mass is 10.1. The zero-order valence-corrected chi connectivity index (χ0v) is 16.3. The van der Waals surface area contributed by atoms with Gasteiger partial charge >= 0.3 is 0 Å². The van der Waals surface area contributed by atoms with Crippen LogP contribution in [0.25, 0.3) is 0 Å². The Morgan fingerprint density at radius 1 is 1.23 bits per heavy atom. The zero-order chi connectivity index (χ0) is 18.9. The van der Waals surface area contributed by atoms with Crippen molar-refractivity contribution in [1.82, 2.24) is 15.6 Å². The minimum Gasteiger partial charge on any atom is -0.496 e. The normalized spacial score (nSPS) is 11.2. The fourth-order valence-electron chi connectivity index (χ4n) is 2.72. The van der Waals surface area contributed by atoms with Crippen molar-refractivity contribution >= 4 is 11.8 Å². The van der Waals surface area contributed by atoms with E-state index in [0.717, 1.165) is 41.6 Å². The van der Waals surface area contributed by atoms with Gasteiger partial charge in [-0.3, -0.25) is 4.99 Å². The number of aromatic nitrogens is 1. The molecule has 1 heterocycles. The summed E-state index contributed by atoms with van der Waals surface area (Å²) in [6.45, 7) is 3.51. The molecule has 0 bridgehead atoms.